The third-order valence-electron chi connectivity index (χ3n) is 5.87. The van der Waals surface area contributed by atoms with E-state index < -0.39 is 54.4 Å². The predicted molar refractivity (Wildman–Crippen MR) is 106 cm³/mol. The summed E-state index contributed by atoms with van der Waals surface area (Å²) in [4.78, 5) is 12.4. The van der Waals surface area contributed by atoms with Crippen LogP contribution in [-0.4, -0.2) is 74.6 Å². The van der Waals surface area contributed by atoms with Crippen molar-refractivity contribution >= 4 is 11.0 Å². The summed E-state index contributed by atoms with van der Waals surface area (Å²) in [6.45, 7) is 4.52. The van der Waals surface area contributed by atoms with Crippen molar-refractivity contribution in [1.82, 2.24) is 0 Å². The lowest BCUT2D eigenvalue weighted by atomic mass is 9.89. The molecule has 0 radical (unpaired) electrons. The summed E-state index contributed by atoms with van der Waals surface area (Å²) >= 11 is 0. The van der Waals surface area contributed by atoms with Crippen molar-refractivity contribution in [3.63, 3.8) is 0 Å². The molecule has 31 heavy (non-hydrogen) atoms. The van der Waals surface area contributed by atoms with Crippen LogP contribution in [0.2, 0.25) is 0 Å². The second-order valence-corrected chi connectivity index (χ2v) is 8.53. The maximum atomic E-state index is 12.4. The van der Waals surface area contributed by atoms with Gasteiger partial charge < -0.3 is 44.2 Å². The van der Waals surface area contributed by atoms with E-state index in [4.69, 9.17) is 18.6 Å². The van der Waals surface area contributed by atoms with Gasteiger partial charge in [-0.25, -0.2) is 0 Å². The van der Waals surface area contributed by atoms with E-state index in [1.54, 1.807) is 26.8 Å². The number of aromatic hydroxyl groups is 1. The predicted octanol–water partition coefficient (Wildman–Crippen LogP) is -0.294. The molecule has 1 aromatic carbocycles. The van der Waals surface area contributed by atoms with Crippen molar-refractivity contribution in [2.45, 2.75) is 69.6 Å². The van der Waals surface area contributed by atoms with Crippen LogP contribution in [0, 0.1) is 6.92 Å². The molecular weight excluding hydrogens is 412 g/mol. The third-order valence-corrected chi connectivity index (χ3v) is 5.87. The number of rotatable bonds is 3. The number of aryl methyl sites for hydroxylation is 1. The Bertz CT molecular complexity index is 1040. The molecule has 1 aromatic heterocycles. The largest absolute Gasteiger partial charge is 0.507 e. The van der Waals surface area contributed by atoms with E-state index in [9.17, 15) is 30.3 Å². The molecule has 10 heteroatoms. The van der Waals surface area contributed by atoms with Gasteiger partial charge in [-0.3, -0.25) is 4.79 Å². The lowest BCUT2D eigenvalue weighted by molar-refractivity contribution is -0.321. The highest BCUT2D eigenvalue weighted by Gasteiger charge is 2.48. The lowest BCUT2D eigenvalue weighted by Gasteiger charge is -2.45. The Kier molecular flexibility index (Phi) is 5.49. The second-order valence-electron chi connectivity index (χ2n) is 8.53. The van der Waals surface area contributed by atoms with Crippen LogP contribution in [0.15, 0.2) is 21.3 Å². The number of fused-ring (bicyclic) bond motifs is 2. The first-order valence-corrected chi connectivity index (χ1v) is 9.97. The molecule has 0 bridgehead atoms. The van der Waals surface area contributed by atoms with Gasteiger partial charge >= 0.3 is 0 Å². The van der Waals surface area contributed by atoms with Gasteiger partial charge in [0, 0.05) is 24.1 Å². The first-order chi connectivity index (χ1) is 14.5. The van der Waals surface area contributed by atoms with Gasteiger partial charge in [0.05, 0.1) is 6.61 Å². The van der Waals surface area contributed by atoms with Crippen molar-refractivity contribution in [1.29, 1.82) is 0 Å². The molecule has 10 nitrogen and oxygen atoms in total. The molecular formula is C21H26O10. The Morgan fingerprint density at radius 3 is 2.55 bits per heavy atom. The number of ether oxygens (including phenoxy) is 3. The zero-order chi connectivity index (χ0) is 22.7. The van der Waals surface area contributed by atoms with Gasteiger partial charge in [0.25, 0.3) is 0 Å². The van der Waals surface area contributed by atoms with Crippen molar-refractivity contribution < 1.29 is 44.2 Å². The van der Waals surface area contributed by atoms with Gasteiger partial charge in [-0.15, -0.1) is 0 Å². The Balaban J connectivity index is 1.68. The van der Waals surface area contributed by atoms with Crippen LogP contribution in [0.4, 0.5) is 0 Å². The summed E-state index contributed by atoms with van der Waals surface area (Å²) < 4.78 is 22.9. The SMILES string of the molecule is Cc1cc(=O)c2c(O)c3c(cc2o1)OC(C)(C)C(O[C@@H]1OC(CO)[C@@H](O)[C@H](O)C1O)C3. The minimum absolute atomic E-state index is 0.0271. The molecule has 1 saturated heterocycles. The van der Waals surface area contributed by atoms with E-state index >= 15 is 0 Å². The molecule has 170 valence electrons. The fourth-order valence-corrected chi connectivity index (χ4v) is 4.06. The number of hydrogen-bond donors (Lipinski definition) is 5. The van der Waals surface area contributed by atoms with Crippen molar-refractivity contribution in [2.24, 2.45) is 0 Å². The summed E-state index contributed by atoms with van der Waals surface area (Å²) in [6.07, 6.45) is -7.81. The molecule has 6 atom stereocenters. The average molecular weight is 438 g/mol. The van der Waals surface area contributed by atoms with Crippen molar-refractivity contribution in [3.8, 4) is 11.5 Å². The standard InChI is InChI=1S/C21H26O10/c1-8-4-10(23)15-12(28-8)6-11-9(16(15)24)5-14(21(2,3)31-11)30-20-19(27)18(26)17(25)13(7-22)29-20/h4,6,13-14,17-20,22,24-27H,5,7H2,1-3H3/t13?,14?,17-,18+,19?,20+/m1/s1. The van der Waals surface area contributed by atoms with Gasteiger partial charge in [0.2, 0.25) is 0 Å². The molecule has 5 N–H and O–H groups in total. The fourth-order valence-electron chi connectivity index (χ4n) is 4.06. The number of phenols is 1. The summed E-state index contributed by atoms with van der Waals surface area (Å²) in [5.41, 5.74) is -0.825. The molecule has 0 saturated carbocycles. The molecule has 0 spiro atoms. The Labute approximate surface area is 177 Å². The lowest BCUT2D eigenvalue weighted by Crippen LogP contribution is -2.61. The molecule has 2 aliphatic heterocycles. The van der Waals surface area contributed by atoms with Gasteiger partial charge in [0.1, 0.15) is 64.3 Å². The smallest absolute Gasteiger partial charge is 0.196 e. The minimum Gasteiger partial charge on any atom is -0.507 e. The minimum atomic E-state index is -1.58. The van der Waals surface area contributed by atoms with E-state index in [0.29, 0.717) is 17.1 Å². The maximum absolute atomic E-state index is 12.4. The number of phenolic OH excluding ortho intramolecular Hbond substituents is 1. The summed E-state index contributed by atoms with van der Waals surface area (Å²) in [5, 5.41) is 50.4. The van der Waals surface area contributed by atoms with Crippen LogP contribution >= 0.6 is 0 Å². The molecule has 2 aliphatic rings. The van der Waals surface area contributed by atoms with Crippen molar-refractivity contribution in [3.05, 3.63) is 33.7 Å². The van der Waals surface area contributed by atoms with Crippen LogP contribution < -0.4 is 10.2 Å². The van der Waals surface area contributed by atoms with E-state index in [2.05, 4.69) is 0 Å². The zero-order valence-electron chi connectivity index (χ0n) is 17.3. The van der Waals surface area contributed by atoms with Crippen molar-refractivity contribution in [2.75, 3.05) is 6.61 Å². The highest BCUT2D eigenvalue weighted by molar-refractivity contribution is 5.87. The molecule has 3 unspecified atom stereocenters. The molecule has 3 heterocycles. The topological polar surface area (TPSA) is 159 Å². The summed E-state index contributed by atoms with van der Waals surface area (Å²) in [6, 6.07) is 2.83. The van der Waals surface area contributed by atoms with Crippen LogP contribution in [0.25, 0.3) is 11.0 Å². The maximum Gasteiger partial charge on any atom is 0.196 e. The van der Waals surface area contributed by atoms with E-state index in [-0.39, 0.29) is 23.1 Å². The van der Waals surface area contributed by atoms with Crippen LogP contribution in [0.5, 0.6) is 11.5 Å². The first kappa shape index (κ1) is 22.0. The summed E-state index contributed by atoms with van der Waals surface area (Å²) in [7, 11) is 0. The molecule has 0 amide bonds. The molecule has 1 fully saturated rings. The molecule has 0 aliphatic carbocycles. The number of hydrogen-bond acceptors (Lipinski definition) is 10. The fraction of sp³-hybridized carbons (Fsp3) is 0.571. The highest BCUT2D eigenvalue weighted by atomic mass is 16.7. The van der Waals surface area contributed by atoms with E-state index in [1.807, 2.05) is 0 Å². The van der Waals surface area contributed by atoms with Gasteiger partial charge in [-0.2, -0.15) is 0 Å². The summed E-state index contributed by atoms with van der Waals surface area (Å²) in [5.74, 6) is 0.451. The monoisotopic (exact) mass is 438 g/mol. The highest BCUT2D eigenvalue weighted by Crippen LogP contribution is 2.43. The zero-order valence-corrected chi connectivity index (χ0v) is 17.3. The third kappa shape index (κ3) is 3.69. The normalized spacial score (nSPS) is 32.5. The second kappa shape index (κ2) is 7.73. The molecule has 4 rings (SSSR count). The Hall–Kier alpha value is -2.21. The van der Waals surface area contributed by atoms with Gasteiger partial charge in [0.15, 0.2) is 11.7 Å². The first-order valence-electron chi connectivity index (χ1n) is 9.97. The van der Waals surface area contributed by atoms with Crippen LogP contribution in [-0.2, 0) is 15.9 Å². The number of aliphatic hydroxyl groups excluding tert-OH is 4. The number of benzene rings is 1. The number of aliphatic hydroxyl groups is 4. The van der Waals surface area contributed by atoms with E-state index in [0.717, 1.165) is 0 Å². The molecule has 2 aromatic rings. The van der Waals surface area contributed by atoms with E-state index in [1.165, 1.54) is 6.07 Å². The van der Waals surface area contributed by atoms with Crippen LogP contribution in [0.3, 0.4) is 0 Å². The van der Waals surface area contributed by atoms with Crippen LogP contribution in [0.1, 0.15) is 25.2 Å². The van der Waals surface area contributed by atoms with Gasteiger partial charge in [-0.1, -0.05) is 0 Å². The van der Waals surface area contributed by atoms with Gasteiger partial charge in [-0.05, 0) is 20.8 Å². The quantitative estimate of drug-likeness (QED) is 0.431. The Morgan fingerprint density at radius 2 is 1.87 bits per heavy atom. The Morgan fingerprint density at radius 1 is 1.16 bits per heavy atom. The average Bonchev–Trinajstić information content (AvgIpc) is 2.68.